The summed E-state index contributed by atoms with van der Waals surface area (Å²) in [6.07, 6.45) is 4.58. The SMILES string of the molecule is COc1ccc(C(=O)O)c(C)c1OC1CCCC1. The Morgan fingerprint density at radius 3 is 2.56 bits per heavy atom. The van der Waals surface area contributed by atoms with Gasteiger partial charge in [0.1, 0.15) is 0 Å². The second kappa shape index (κ2) is 5.29. The lowest BCUT2D eigenvalue weighted by Crippen LogP contribution is -2.14. The molecule has 1 N–H and O–H groups in total. The Labute approximate surface area is 107 Å². The lowest BCUT2D eigenvalue weighted by atomic mass is 10.1. The second-order valence-electron chi connectivity index (χ2n) is 4.60. The van der Waals surface area contributed by atoms with Gasteiger partial charge in [0.2, 0.25) is 0 Å². The minimum absolute atomic E-state index is 0.182. The maximum absolute atomic E-state index is 11.1. The first-order valence-corrected chi connectivity index (χ1v) is 6.21. The van der Waals surface area contributed by atoms with Crippen LogP contribution in [0.15, 0.2) is 12.1 Å². The van der Waals surface area contributed by atoms with Gasteiger partial charge in [-0.15, -0.1) is 0 Å². The molecule has 0 atom stereocenters. The minimum atomic E-state index is -0.938. The van der Waals surface area contributed by atoms with E-state index in [1.807, 2.05) is 0 Å². The first-order chi connectivity index (χ1) is 8.63. The van der Waals surface area contributed by atoms with E-state index in [1.54, 1.807) is 26.2 Å². The topological polar surface area (TPSA) is 55.8 Å². The number of methoxy groups -OCH3 is 1. The molecule has 1 fully saturated rings. The molecule has 0 saturated heterocycles. The highest BCUT2D eigenvalue weighted by Gasteiger charge is 2.22. The molecule has 0 amide bonds. The van der Waals surface area contributed by atoms with Crippen molar-refractivity contribution in [2.45, 2.75) is 38.7 Å². The molecule has 1 aromatic carbocycles. The van der Waals surface area contributed by atoms with Crippen LogP contribution in [0.25, 0.3) is 0 Å². The van der Waals surface area contributed by atoms with E-state index >= 15 is 0 Å². The van der Waals surface area contributed by atoms with E-state index in [1.165, 1.54) is 12.8 Å². The van der Waals surface area contributed by atoms with Gasteiger partial charge in [0, 0.05) is 5.56 Å². The average Bonchev–Trinajstić information content (AvgIpc) is 2.84. The second-order valence-corrected chi connectivity index (χ2v) is 4.60. The van der Waals surface area contributed by atoms with Gasteiger partial charge in [-0.05, 0) is 44.7 Å². The van der Waals surface area contributed by atoms with Gasteiger partial charge in [0.05, 0.1) is 18.8 Å². The van der Waals surface area contributed by atoms with Crippen molar-refractivity contribution in [2.75, 3.05) is 7.11 Å². The molecule has 1 saturated carbocycles. The first-order valence-electron chi connectivity index (χ1n) is 6.21. The maximum atomic E-state index is 11.1. The molecule has 0 spiro atoms. The number of carboxylic acid groups (broad SMARTS) is 1. The summed E-state index contributed by atoms with van der Waals surface area (Å²) in [5.41, 5.74) is 0.901. The summed E-state index contributed by atoms with van der Waals surface area (Å²) < 4.78 is 11.2. The molecule has 1 aromatic rings. The Bertz CT molecular complexity index is 447. The lowest BCUT2D eigenvalue weighted by Gasteiger charge is -2.19. The van der Waals surface area contributed by atoms with E-state index in [0.29, 0.717) is 17.1 Å². The quantitative estimate of drug-likeness (QED) is 0.892. The number of hydrogen-bond acceptors (Lipinski definition) is 3. The van der Waals surface area contributed by atoms with Crippen LogP contribution in [0.4, 0.5) is 0 Å². The summed E-state index contributed by atoms with van der Waals surface area (Å²) in [7, 11) is 1.57. The van der Waals surface area contributed by atoms with Crippen LogP contribution >= 0.6 is 0 Å². The van der Waals surface area contributed by atoms with E-state index in [-0.39, 0.29) is 11.7 Å². The number of ether oxygens (including phenoxy) is 2. The summed E-state index contributed by atoms with van der Waals surface area (Å²) in [4.78, 5) is 11.1. The molecular formula is C14H18O4. The molecule has 18 heavy (non-hydrogen) atoms. The standard InChI is InChI=1S/C14H18O4/c1-9-11(14(15)16)7-8-12(17-2)13(9)18-10-5-3-4-6-10/h7-8,10H,3-6H2,1-2H3,(H,15,16). The van der Waals surface area contributed by atoms with Gasteiger partial charge in [-0.3, -0.25) is 0 Å². The number of hydrogen-bond donors (Lipinski definition) is 1. The summed E-state index contributed by atoms with van der Waals surface area (Å²) >= 11 is 0. The molecule has 98 valence electrons. The van der Waals surface area contributed by atoms with Crippen LogP contribution in [0.1, 0.15) is 41.6 Å². The van der Waals surface area contributed by atoms with E-state index in [4.69, 9.17) is 14.6 Å². The zero-order chi connectivity index (χ0) is 13.1. The molecule has 2 rings (SSSR count). The molecule has 0 aliphatic heterocycles. The number of benzene rings is 1. The van der Waals surface area contributed by atoms with E-state index < -0.39 is 5.97 Å². The fourth-order valence-electron chi connectivity index (χ4n) is 2.38. The van der Waals surface area contributed by atoms with Crippen molar-refractivity contribution in [2.24, 2.45) is 0 Å². The van der Waals surface area contributed by atoms with Crippen LogP contribution in [0.2, 0.25) is 0 Å². The molecule has 4 heteroatoms. The van der Waals surface area contributed by atoms with Crippen molar-refractivity contribution in [3.05, 3.63) is 23.3 Å². The highest BCUT2D eigenvalue weighted by Crippen LogP contribution is 2.36. The van der Waals surface area contributed by atoms with Gasteiger partial charge >= 0.3 is 5.97 Å². The first kappa shape index (κ1) is 12.7. The number of rotatable bonds is 4. The third-order valence-corrected chi connectivity index (χ3v) is 3.41. The summed E-state index contributed by atoms with van der Waals surface area (Å²) in [5.74, 6) is 0.236. The molecule has 0 bridgehead atoms. The van der Waals surface area contributed by atoms with Crippen LogP contribution < -0.4 is 9.47 Å². The van der Waals surface area contributed by atoms with Gasteiger partial charge < -0.3 is 14.6 Å². The molecule has 1 aliphatic rings. The van der Waals surface area contributed by atoms with Crippen molar-refractivity contribution >= 4 is 5.97 Å². The summed E-state index contributed by atoms with van der Waals surface area (Å²) in [6, 6.07) is 3.21. The predicted octanol–water partition coefficient (Wildman–Crippen LogP) is 3.02. The highest BCUT2D eigenvalue weighted by atomic mass is 16.5. The monoisotopic (exact) mass is 250 g/mol. The molecule has 0 radical (unpaired) electrons. The molecule has 4 nitrogen and oxygen atoms in total. The Morgan fingerprint density at radius 2 is 2.00 bits per heavy atom. The summed E-state index contributed by atoms with van der Waals surface area (Å²) in [6.45, 7) is 1.76. The van der Waals surface area contributed by atoms with Gasteiger partial charge in [0.15, 0.2) is 11.5 Å². The van der Waals surface area contributed by atoms with E-state index in [9.17, 15) is 4.79 Å². The van der Waals surface area contributed by atoms with Gasteiger partial charge in [-0.1, -0.05) is 0 Å². The largest absolute Gasteiger partial charge is 0.493 e. The smallest absolute Gasteiger partial charge is 0.336 e. The normalized spacial score (nSPS) is 15.7. The Morgan fingerprint density at radius 1 is 1.33 bits per heavy atom. The van der Waals surface area contributed by atoms with Crippen LogP contribution in [0, 0.1) is 6.92 Å². The number of aromatic carboxylic acids is 1. The fourth-order valence-corrected chi connectivity index (χ4v) is 2.38. The van der Waals surface area contributed by atoms with Crippen LogP contribution in [0.3, 0.4) is 0 Å². The Balaban J connectivity index is 2.34. The minimum Gasteiger partial charge on any atom is -0.493 e. The molecular weight excluding hydrogens is 232 g/mol. The third kappa shape index (κ3) is 2.42. The molecule has 0 unspecified atom stereocenters. The average molecular weight is 250 g/mol. The van der Waals surface area contributed by atoms with Crippen LogP contribution in [-0.2, 0) is 0 Å². The van der Waals surface area contributed by atoms with Crippen molar-refractivity contribution in [3.8, 4) is 11.5 Å². The van der Waals surface area contributed by atoms with Crippen molar-refractivity contribution in [1.82, 2.24) is 0 Å². The maximum Gasteiger partial charge on any atom is 0.336 e. The number of carboxylic acids is 1. The third-order valence-electron chi connectivity index (χ3n) is 3.41. The van der Waals surface area contributed by atoms with Crippen LogP contribution in [-0.4, -0.2) is 24.3 Å². The highest BCUT2D eigenvalue weighted by molar-refractivity contribution is 5.90. The van der Waals surface area contributed by atoms with Crippen molar-refractivity contribution in [1.29, 1.82) is 0 Å². The van der Waals surface area contributed by atoms with Gasteiger partial charge in [-0.2, -0.15) is 0 Å². The zero-order valence-electron chi connectivity index (χ0n) is 10.7. The lowest BCUT2D eigenvalue weighted by molar-refractivity contribution is 0.0695. The van der Waals surface area contributed by atoms with Crippen molar-refractivity contribution in [3.63, 3.8) is 0 Å². The Kier molecular flexibility index (Phi) is 3.75. The van der Waals surface area contributed by atoms with Gasteiger partial charge in [-0.25, -0.2) is 4.79 Å². The molecule has 1 aliphatic carbocycles. The van der Waals surface area contributed by atoms with Crippen LogP contribution in [0.5, 0.6) is 11.5 Å². The van der Waals surface area contributed by atoms with Gasteiger partial charge in [0.25, 0.3) is 0 Å². The summed E-state index contributed by atoms with van der Waals surface area (Å²) in [5, 5.41) is 9.12. The van der Waals surface area contributed by atoms with Crippen molar-refractivity contribution < 1.29 is 19.4 Å². The van der Waals surface area contributed by atoms with E-state index in [2.05, 4.69) is 0 Å². The molecule has 0 heterocycles. The number of carbonyl (C=O) groups is 1. The zero-order valence-corrected chi connectivity index (χ0v) is 10.7. The Hall–Kier alpha value is -1.71. The fraction of sp³-hybridized carbons (Fsp3) is 0.500. The molecule has 0 aromatic heterocycles. The predicted molar refractivity (Wildman–Crippen MR) is 67.6 cm³/mol. The van der Waals surface area contributed by atoms with E-state index in [0.717, 1.165) is 12.8 Å².